The molecule has 1 aromatic heterocycles. The molecule has 0 fully saturated rings. The Bertz CT molecular complexity index is 313. The van der Waals surface area contributed by atoms with Crippen LogP contribution in [0.1, 0.15) is 0 Å². The largest absolute Gasteiger partial charge is 0.462 e. The van der Waals surface area contributed by atoms with E-state index in [1.807, 2.05) is 0 Å². The number of ether oxygens (including phenoxy) is 1. The molecule has 13 heavy (non-hydrogen) atoms. The molecule has 1 N–H and O–H groups in total. The molecule has 7 nitrogen and oxygen atoms in total. The van der Waals surface area contributed by atoms with Gasteiger partial charge >= 0.3 is 11.9 Å². The maximum absolute atomic E-state index is 10.9. The number of hydrogen-bond donors (Lipinski definition) is 1. The first-order valence-electron chi connectivity index (χ1n) is 3.27. The summed E-state index contributed by atoms with van der Waals surface area (Å²) in [5, 5.41) is 8.97. The Morgan fingerprint density at radius 3 is 2.77 bits per heavy atom. The molecule has 1 heterocycles. The molecular weight excluding hydrogens is 176 g/mol. The van der Waals surface area contributed by atoms with Gasteiger partial charge in [0.05, 0.1) is 19.5 Å². The number of carbonyl (C=O) groups is 2. The van der Waals surface area contributed by atoms with Gasteiger partial charge in [-0.3, -0.25) is 10.1 Å². The Balaban J connectivity index is 2.60. The first-order chi connectivity index (χ1) is 6.24. The fraction of sp³-hybridized carbons (Fsp3) is 0.167. The van der Waals surface area contributed by atoms with Crippen molar-refractivity contribution in [1.29, 1.82) is 0 Å². The number of anilines is 1. The van der Waals surface area contributed by atoms with Crippen LogP contribution in [-0.4, -0.2) is 34.2 Å². The summed E-state index contributed by atoms with van der Waals surface area (Å²) in [7, 11) is 1.10. The van der Waals surface area contributed by atoms with Gasteiger partial charge in [-0.2, -0.15) is 5.10 Å². The fourth-order valence-electron chi connectivity index (χ4n) is 0.550. The highest BCUT2D eigenvalue weighted by Gasteiger charge is 2.14. The molecule has 0 aromatic carbocycles. The average molecular weight is 182 g/mol. The quantitative estimate of drug-likeness (QED) is 0.441. The second kappa shape index (κ2) is 4.10. The van der Waals surface area contributed by atoms with E-state index in [1.165, 1.54) is 12.4 Å². The zero-order chi connectivity index (χ0) is 9.68. The normalized spacial score (nSPS) is 9.00. The minimum absolute atomic E-state index is 0.0436. The first-order valence-corrected chi connectivity index (χ1v) is 3.27. The van der Waals surface area contributed by atoms with Gasteiger partial charge in [-0.25, -0.2) is 9.78 Å². The molecule has 0 aliphatic carbocycles. The second-order valence-electron chi connectivity index (χ2n) is 1.91. The zero-order valence-corrected chi connectivity index (χ0v) is 6.72. The summed E-state index contributed by atoms with van der Waals surface area (Å²) in [4.78, 5) is 25.1. The molecule has 7 heteroatoms. The van der Waals surface area contributed by atoms with Gasteiger partial charge in [-0.1, -0.05) is 0 Å². The Labute approximate surface area is 73.1 Å². The van der Waals surface area contributed by atoms with Crippen LogP contribution in [0.3, 0.4) is 0 Å². The fourth-order valence-corrected chi connectivity index (χ4v) is 0.550. The lowest BCUT2D eigenvalue weighted by atomic mass is 10.6. The third-order valence-corrected chi connectivity index (χ3v) is 1.08. The molecule has 0 saturated heterocycles. The lowest BCUT2D eigenvalue weighted by Crippen LogP contribution is -2.24. The molecule has 0 atom stereocenters. The van der Waals surface area contributed by atoms with Crippen LogP contribution in [0.5, 0.6) is 0 Å². The summed E-state index contributed by atoms with van der Waals surface area (Å²) in [5.41, 5.74) is 0. The van der Waals surface area contributed by atoms with Crippen LogP contribution in [0.25, 0.3) is 0 Å². The predicted molar refractivity (Wildman–Crippen MR) is 40.5 cm³/mol. The van der Waals surface area contributed by atoms with E-state index in [9.17, 15) is 9.59 Å². The van der Waals surface area contributed by atoms with Crippen molar-refractivity contribution in [3.8, 4) is 0 Å². The van der Waals surface area contributed by atoms with Crippen molar-refractivity contribution in [3.05, 3.63) is 12.4 Å². The zero-order valence-electron chi connectivity index (χ0n) is 6.72. The minimum atomic E-state index is -1.01. The van der Waals surface area contributed by atoms with E-state index in [2.05, 4.69) is 25.2 Å². The molecule has 0 spiro atoms. The van der Waals surface area contributed by atoms with Crippen LogP contribution >= 0.6 is 0 Å². The summed E-state index contributed by atoms with van der Waals surface area (Å²) in [5.74, 6) is -1.99. The van der Waals surface area contributed by atoms with Crippen LogP contribution in [0, 0.1) is 0 Å². The number of nitrogens with zero attached hydrogens (tertiary/aromatic N) is 3. The van der Waals surface area contributed by atoms with Crippen LogP contribution < -0.4 is 5.32 Å². The van der Waals surface area contributed by atoms with Crippen molar-refractivity contribution >= 4 is 17.8 Å². The highest BCUT2D eigenvalue weighted by Crippen LogP contribution is 1.91. The van der Waals surface area contributed by atoms with Crippen LogP contribution in [0.2, 0.25) is 0 Å². The van der Waals surface area contributed by atoms with Crippen molar-refractivity contribution in [2.75, 3.05) is 12.4 Å². The van der Waals surface area contributed by atoms with E-state index in [-0.39, 0.29) is 5.95 Å². The number of carbonyl (C=O) groups excluding carboxylic acids is 2. The first kappa shape index (κ1) is 9.04. The SMILES string of the molecule is COC(=O)C(=O)Nc1nccnn1. The Morgan fingerprint density at radius 1 is 1.46 bits per heavy atom. The van der Waals surface area contributed by atoms with Gasteiger partial charge in [0.2, 0.25) is 5.95 Å². The standard InChI is InChI=1S/C6H6N4O3/c1-13-5(12)4(11)9-6-7-2-3-8-10-6/h2-3H,1H3,(H,7,9,10,11). The summed E-state index contributed by atoms with van der Waals surface area (Å²) in [6, 6.07) is 0. The lowest BCUT2D eigenvalue weighted by molar-refractivity contribution is -0.150. The van der Waals surface area contributed by atoms with E-state index in [1.54, 1.807) is 0 Å². The van der Waals surface area contributed by atoms with Gasteiger partial charge in [-0.15, -0.1) is 5.10 Å². The molecule has 0 aliphatic heterocycles. The average Bonchev–Trinajstić information content (AvgIpc) is 2.18. The summed E-state index contributed by atoms with van der Waals surface area (Å²) >= 11 is 0. The number of methoxy groups -OCH3 is 1. The van der Waals surface area contributed by atoms with Crippen molar-refractivity contribution in [1.82, 2.24) is 15.2 Å². The van der Waals surface area contributed by atoms with Gasteiger partial charge < -0.3 is 4.74 Å². The molecule has 1 amide bonds. The smallest absolute Gasteiger partial charge is 0.396 e. The molecule has 0 saturated carbocycles. The molecule has 1 rings (SSSR count). The van der Waals surface area contributed by atoms with E-state index in [0.717, 1.165) is 7.11 Å². The predicted octanol–water partition coefficient (Wildman–Crippen LogP) is -1.02. The molecule has 0 radical (unpaired) electrons. The van der Waals surface area contributed by atoms with Gasteiger partial charge in [-0.05, 0) is 0 Å². The summed E-state index contributed by atoms with van der Waals surface area (Å²) in [6.07, 6.45) is 2.67. The monoisotopic (exact) mass is 182 g/mol. The summed E-state index contributed by atoms with van der Waals surface area (Å²) < 4.78 is 4.16. The van der Waals surface area contributed by atoms with E-state index < -0.39 is 11.9 Å². The molecular formula is C6H6N4O3. The molecule has 68 valence electrons. The Kier molecular flexibility index (Phi) is 2.85. The van der Waals surface area contributed by atoms with Crippen molar-refractivity contribution in [3.63, 3.8) is 0 Å². The van der Waals surface area contributed by atoms with E-state index in [0.29, 0.717) is 0 Å². The number of esters is 1. The Morgan fingerprint density at radius 2 is 2.23 bits per heavy atom. The topological polar surface area (TPSA) is 94.1 Å². The summed E-state index contributed by atoms with van der Waals surface area (Å²) in [6.45, 7) is 0. The molecule has 1 aromatic rings. The lowest BCUT2D eigenvalue weighted by Gasteiger charge is -1.98. The maximum Gasteiger partial charge on any atom is 0.396 e. The molecule has 0 bridgehead atoms. The van der Waals surface area contributed by atoms with Crippen LogP contribution in [0.15, 0.2) is 12.4 Å². The van der Waals surface area contributed by atoms with Gasteiger partial charge in [0.15, 0.2) is 0 Å². The van der Waals surface area contributed by atoms with Crippen molar-refractivity contribution < 1.29 is 14.3 Å². The number of rotatable bonds is 1. The third-order valence-electron chi connectivity index (χ3n) is 1.08. The van der Waals surface area contributed by atoms with Gasteiger partial charge in [0.25, 0.3) is 0 Å². The molecule has 0 aliphatic rings. The Hall–Kier alpha value is -2.05. The number of amides is 1. The number of hydrogen-bond acceptors (Lipinski definition) is 6. The van der Waals surface area contributed by atoms with Gasteiger partial charge in [0.1, 0.15) is 0 Å². The highest BCUT2D eigenvalue weighted by molar-refractivity contribution is 6.37. The van der Waals surface area contributed by atoms with Crippen molar-refractivity contribution in [2.24, 2.45) is 0 Å². The number of aromatic nitrogens is 3. The van der Waals surface area contributed by atoms with E-state index in [4.69, 9.17) is 0 Å². The van der Waals surface area contributed by atoms with Crippen molar-refractivity contribution in [2.45, 2.75) is 0 Å². The van der Waals surface area contributed by atoms with E-state index >= 15 is 0 Å². The number of nitrogens with one attached hydrogen (secondary N) is 1. The second-order valence-corrected chi connectivity index (χ2v) is 1.91. The van der Waals surface area contributed by atoms with Crippen LogP contribution in [-0.2, 0) is 14.3 Å². The minimum Gasteiger partial charge on any atom is -0.462 e. The molecule has 0 unspecified atom stereocenters. The highest BCUT2D eigenvalue weighted by atomic mass is 16.5. The maximum atomic E-state index is 10.9. The van der Waals surface area contributed by atoms with Gasteiger partial charge in [0, 0.05) is 0 Å². The third kappa shape index (κ3) is 2.47. The van der Waals surface area contributed by atoms with Crippen LogP contribution in [0.4, 0.5) is 5.95 Å².